The van der Waals surface area contributed by atoms with E-state index in [4.69, 9.17) is 5.73 Å². The molecule has 120 valence electrons. The van der Waals surface area contributed by atoms with Crippen molar-refractivity contribution >= 4 is 5.57 Å². The van der Waals surface area contributed by atoms with Gasteiger partial charge in [-0.2, -0.15) is 0 Å². The Hall–Kier alpha value is -2.03. The Morgan fingerprint density at radius 3 is 2.27 bits per heavy atom. The fraction of sp³-hybridized carbons (Fsp3) is 0.231. The monoisotopic (exact) mass is 327 g/mol. The highest BCUT2D eigenvalue weighted by Crippen LogP contribution is 2.40. The van der Waals surface area contributed by atoms with Crippen molar-refractivity contribution in [2.75, 3.05) is 0 Å². The molecule has 0 aliphatic heterocycles. The summed E-state index contributed by atoms with van der Waals surface area (Å²) in [5.74, 6) is -5.96. The van der Waals surface area contributed by atoms with Crippen LogP contribution in [0.3, 0.4) is 0 Å². The van der Waals surface area contributed by atoms with E-state index < -0.39 is 52.9 Å². The van der Waals surface area contributed by atoms with E-state index in [-0.39, 0.29) is 0 Å². The third-order valence-corrected chi connectivity index (χ3v) is 2.87. The third kappa shape index (κ3) is 3.08. The van der Waals surface area contributed by atoms with Crippen molar-refractivity contribution in [1.29, 1.82) is 0 Å². The van der Waals surface area contributed by atoms with Gasteiger partial charge in [-0.25, -0.2) is 17.6 Å². The van der Waals surface area contributed by atoms with Gasteiger partial charge in [-0.3, -0.25) is 0 Å². The first kappa shape index (κ1) is 16.3. The molecule has 0 spiro atoms. The summed E-state index contributed by atoms with van der Waals surface area (Å²) in [5, 5.41) is 0. The Morgan fingerprint density at radius 2 is 1.68 bits per heavy atom. The molecule has 0 radical (unpaired) electrons. The fourth-order valence-electron chi connectivity index (χ4n) is 1.91. The van der Waals surface area contributed by atoms with Crippen molar-refractivity contribution < 1.29 is 35.5 Å². The Morgan fingerprint density at radius 1 is 1.05 bits per heavy atom. The lowest BCUT2D eigenvalue weighted by Gasteiger charge is -2.22. The number of hydrogen-bond donors (Lipinski definition) is 1. The zero-order valence-electron chi connectivity index (χ0n) is 10.6. The van der Waals surface area contributed by atoms with Crippen molar-refractivity contribution in [1.82, 2.24) is 0 Å². The standard InChI is InChI=1S/C13H8F7NO/c14-8-7(9(15)11(17)12(21)10(8)16)5-2-1-3-6(4-5)22-13(18,19)20/h1-4,10,12H,21H2. The van der Waals surface area contributed by atoms with E-state index in [0.717, 1.165) is 18.2 Å². The maximum atomic E-state index is 13.8. The second-order valence-corrected chi connectivity index (χ2v) is 4.39. The molecule has 2 atom stereocenters. The minimum absolute atomic E-state index is 0.513. The molecule has 0 aromatic heterocycles. The van der Waals surface area contributed by atoms with E-state index >= 15 is 0 Å². The summed E-state index contributed by atoms with van der Waals surface area (Å²) < 4.78 is 94.4. The number of ether oxygens (including phenoxy) is 1. The molecule has 0 amide bonds. The molecule has 1 aromatic carbocycles. The molecular formula is C13H8F7NO. The first-order chi connectivity index (χ1) is 10.1. The van der Waals surface area contributed by atoms with Gasteiger partial charge in [0.2, 0.25) is 0 Å². The average molecular weight is 327 g/mol. The lowest BCUT2D eigenvalue weighted by molar-refractivity contribution is -0.274. The molecule has 2 N–H and O–H groups in total. The number of rotatable bonds is 2. The van der Waals surface area contributed by atoms with Crippen LogP contribution in [0, 0.1) is 0 Å². The summed E-state index contributed by atoms with van der Waals surface area (Å²) in [6.45, 7) is 0. The van der Waals surface area contributed by atoms with E-state index in [1.807, 2.05) is 0 Å². The number of allylic oxidation sites excluding steroid dienone is 2. The lowest BCUT2D eigenvalue weighted by Crippen LogP contribution is -2.36. The molecule has 9 heteroatoms. The van der Waals surface area contributed by atoms with Gasteiger partial charge in [0.25, 0.3) is 0 Å². The molecular weight excluding hydrogens is 319 g/mol. The van der Waals surface area contributed by atoms with Crippen molar-refractivity contribution in [2.24, 2.45) is 5.73 Å². The van der Waals surface area contributed by atoms with Crippen LogP contribution < -0.4 is 10.5 Å². The van der Waals surface area contributed by atoms with Crippen LogP contribution in [0.25, 0.3) is 5.57 Å². The summed E-state index contributed by atoms with van der Waals surface area (Å²) in [6.07, 6.45) is -7.66. The third-order valence-electron chi connectivity index (χ3n) is 2.87. The minimum Gasteiger partial charge on any atom is -0.406 e. The molecule has 1 aliphatic carbocycles. The van der Waals surface area contributed by atoms with Gasteiger partial charge in [0.1, 0.15) is 11.6 Å². The normalized spacial score (nSPS) is 23.1. The molecule has 1 aliphatic rings. The number of nitrogens with two attached hydrogens (primary N) is 1. The van der Waals surface area contributed by atoms with Gasteiger partial charge in [-0.1, -0.05) is 12.1 Å². The van der Waals surface area contributed by atoms with Gasteiger partial charge in [-0.05, 0) is 17.7 Å². The molecule has 0 bridgehead atoms. The second kappa shape index (κ2) is 5.64. The minimum atomic E-state index is -5.03. The Labute approximate surface area is 119 Å². The van der Waals surface area contributed by atoms with Crippen molar-refractivity contribution in [3.63, 3.8) is 0 Å². The highest BCUT2D eigenvalue weighted by molar-refractivity contribution is 5.81. The zero-order chi connectivity index (χ0) is 16.7. The number of halogens is 7. The lowest BCUT2D eigenvalue weighted by atomic mass is 9.93. The van der Waals surface area contributed by atoms with Gasteiger partial charge in [0.05, 0.1) is 11.6 Å². The summed E-state index contributed by atoms with van der Waals surface area (Å²) in [7, 11) is 0. The highest BCUT2D eigenvalue weighted by Gasteiger charge is 2.38. The molecule has 0 heterocycles. The van der Waals surface area contributed by atoms with E-state index in [9.17, 15) is 30.7 Å². The van der Waals surface area contributed by atoms with Gasteiger partial charge in [-0.15, -0.1) is 13.2 Å². The predicted molar refractivity (Wildman–Crippen MR) is 63.3 cm³/mol. The van der Waals surface area contributed by atoms with Crippen LogP contribution in [-0.2, 0) is 0 Å². The Kier molecular flexibility index (Phi) is 4.19. The van der Waals surface area contributed by atoms with E-state index in [1.54, 1.807) is 0 Å². The number of hydrogen-bond acceptors (Lipinski definition) is 2. The van der Waals surface area contributed by atoms with Crippen LogP contribution in [0.1, 0.15) is 5.56 Å². The van der Waals surface area contributed by atoms with Gasteiger partial charge >= 0.3 is 6.36 Å². The molecule has 22 heavy (non-hydrogen) atoms. The molecule has 2 nitrogen and oxygen atoms in total. The quantitative estimate of drug-likeness (QED) is 0.830. The molecule has 0 fully saturated rings. The average Bonchev–Trinajstić information content (AvgIpc) is 2.42. The Balaban J connectivity index is 2.49. The SMILES string of the molecule is NC1C(F)=C(F)C(c2cccc(OC(F)(F)F)c2)=C(F)C1F. The van der Waals surface area contributed by atoms with Crippen LogP contribution in [0.5, 0.6) is 5.75 Å². The summed E-state index contributed by atoms with van der Waals surface area (Å²) >= 11 is 0. The van der Waals surface area contributed by atoms with Crippen molar-refractivity contribution in [2.45, 2.75) is 18.6 Å². The first-order valence-electron chi connectivity index (χ1n) is 5.83. The molecule has 0 saturated heterocycles. The first-order valence-corrected chi connectivity index (χ1v) is 5.83. The topological polar surface area (TPSA) is 35.2 Å². The zero-order valence-corrected chi connectivity index (χ0v) is 10.6. The maximum Gasteiger partial charge on any atom is 0.573 e. The Bertz CT molecular complexity index is 650. The van der Waals surface area contributed by atoms with Crippen LogP contribution in [0.4, 0.5) is 30.7 Å². The van der Waals surface area contributed by atoms with Gasteiger partial charge < -0.3 is 10.5 Å². The summed E-state index contributed by atoms with van der Waals surface area (Å²) in [5.41, 5.74) is 3.32. The van der Waals surface area contributed by atoms with Gasteiger partial charge in [0, 0.05) is 0 Å². The largest absolute Gasteiger partial charge is 0.573 e. The van der Waals surface area contributed by atoms with E-state index in [0.29, 0.717) is 6.07 Å². The van der Waals surface area contributed by atoms with Crippen LogP contribution >= 0.6 is 0 Å². The smallest absolute Gasteiger partial charge is 0.406 e. The van der Waals surface area contributed by atoms with Crippen LogP contribution in [0.2, 0.25) is 0 Å². The van der Waals surface area contributed by atoms with Crippen molar-refractivity contribution in [3.8, 4) is 5.75 Å². The van der Waals surface area contributed by atoms with E-state index in [2.05, 4.69) is 4.74 Å². The predicted octanol–water partition coefficient (Wildman–Crippen LogP) is 4.10. The van der Waals surface area contributed by atoms with Crippen LogP contribution in [0.15, 0.2) is 41.7 Å². The van der Waals surface area contributed by atoms with Crippen molar-refractivity contribution in [3.05, 3.63) is 47.3 Å². The molecule has 1 aromatic rings. The van der Waals surface area contributed by atoms with Gasteiger partial charge in [0.15, 0.2) is 17.8 Å². The molecule has 2 unspecified atom stereocenters. The fourth-order valence-corrected chi connectivity index (χ4v) is 1.91. The summed E-state index contributed by atoms with van der Waals surface area (Å²) in [6, 6.07) is 1.31. The maximum absolute atomic E-state index is 13.8. The van der Waals surface area contributed by atoms with E-state index in [1.165, 1.54) is 0 Å². The highest BCUT2D eigenvalue weighted by atomic mass is 19.4. The second-order valence-electron chi connectivity index (χ2n) is 4.39. The molecule has 2 rings (SSSR count). The molecule has 0 saturated carbocycles. The number of alkyl halides is 4. The van der Waals surface area contributed by atoms with Crippen LogP contribution in [-0.4, -0.2) is 18.6 Å². The number of benzene rings is 1. The summed E-state index contributed by atoms with van der Waals surface area (Å²) in [4.78, 5) is 0.